The van der Waals surface area contributed by atoms with Gasteiger partial charge in [-0.3, -0.25) is 4.79 Å². The zero-order valence-corrected chi connectivity index (χ0v) is 14.5. The molecule has 3 aromatic rings. The molecule has 24 heavy (non-hydrogen) atoms. The molecule has 2 aromatic heterocycles. The van der Waals surface area contributed by atoms with Crippen molar-refractivity contribution in [2.75, 3.05) is 13.1 Å². The molecule has 0 bridgehead atoms. The van der Waals surface area contributed by atoms with Crippen molar-refractivity contribution in [1.29, 1.82) is 0 Å². The zero-order chi connectivity index (χ0) is 16.5. The third-order valence-electron chi connectivity index (χ3n) is 4.63. The molecule has 5 nitrogen and oxygen atoms in total. The molecule has 1 saturated heterocycles. The van der Waals surface area contributed by atoms with Crippen LogP contribution in [-0.2, 0) is 6.42 Å². The minimum absolute atomic E-state index is 0.0310. The van der Waals surface area contributed by atoms with Crippen molar-refractivity contribution in [2.45, 2.75) is 26.2 Å². The number of nitrogens with zero attached hydrogens (tertiary/aromatic N) is 4. The third-order valence-corrected chi connectivity index (χ3v) is 5.47. The number of aromatic nitrogens is 3. The van der Waals surface area contributed by atoms with Gasteiger partial charge in [-0.05, 0) is 37.7 Å². The number of aryl methyl sites for hydroxylation is 1. The monoisotopic (exact) mass is 340 g/mol. The predicted molar refractivity (Wildman–Crippen MR) is 94.4 cm³/mol. The van der Waals surface area contributed by atoms with Gasteiger partial charge < -0.3 is 4.90 Å². The molecule has 0 spiro atoms. The van der Waals surface area contributed by atoms with Crippen LogP contribution in [0.1, 0.15) is 33.9 Å². The van der Waals surface area contributed by atoms with E-state index >= 15 is 0 Å². The van der Waals surface area contributed by atoms with Gasteiger partial charge >= 0.3 is 0 Å². The number of rotatable bonds is 3. The number of fused-ring (bicyclic) bond motifs is 1. The van der Waals surface area contributed by atoms with E-state index in [2.05, 4.69) is 40.4 Å². The number of carbonyl (C=O) groups excluding carboxylic acids is 1. The van der Waals surface area contributed by atoms with E-state index in [1.54, 1.807) is 10.7 Å². The topological polar surface area (TPSA) is 50.5 Å². The van der Waals surface area contributed by atoms with Crippen molar-refractivity contribution >= 4 is 22.2 Å². The van der Waals surface area contributed by atoms with Crippen molar-refractivity contribution < 1.29 is 4.79 Å². The summed E-state index contributed by atoms with van der Waals surface area (Å²) in [7, 11) is 0. The molecule has 0 radical (unpaired) electrons. The van der Waals surface area contributed by atoms with Gasteiger partial charge in [0.2, 0.25) is 4.96 Å². The Labute approximate surface area is 144 Å². The van der Waals surface area contributed by atoms with E-state index < -0.39 is 0 Å². The highest BCUT2D eigenvalue weighted by atomic mass is 32.1. The van der Waals surface area contributed by atoms with Crippen molar-refractivity contribution in [3.05, 3.63) is 52.8 Å². The molecular weight excluding hydrogens is 320 g/mol. The van der Waals surface area contributed by atoms with Crippen molar-refractivity contribution in [3.63, 3.8) is 0 Å². The van der Waals surface area contributed by atoms with E-state index in [0.717, 1.165) is 42.3 Å². The summed E-state index contributed by atoms with van der Waals surface area (Å²) in [6.07, 6.45) is 4.96. The second kappa shape index (κ2) is 6.36. The molecule has 4 rings (SSSR count). The van der Waals surface area contributed by atoms with Crippen LogP contribution in [0, 0.1) is 12.8 Å². The summed E-state index contributed by atoms with van der Waals surface area (Å²) in [6.45, 7) is 3.57. The Kier molecular flexibility index (Phi) is 4.06. The molecule has 1 fully saturated rings. The Morgan fingerprint density at radius 1 is 1.25 bits per heavy atom. The fourth-order valence-electron chi connectivity index (χ4n) is 3.35. The molecule has 0 unspecified atom stereocenters. The molecule has 0 N–H and O–H groups in total. The summed E-state index contributed by atoms with van der Waals surface area (Å²) in [4.78, 5) is 19.8. The van der Waals surface area contributed by atoms with E-state index in [1.807, 2.05) is 11.8 Å². The number of likely N-dealkylation sites (tertiary alicyclic amines) is 1. The predicted octanol–water partition coefficient (Wildman–Crippen LogP) is 3.19. The number of carbonyl (C=O) groups is 1. The average Bonchev–Trinajstić information content (AvgIpc) is 3.13. The van der Waals surface area contributed by atoms with Crippen LogP contribution < -0.4 is 0 Å². The van der Waals surface area contributed by atoms with Gasteiger partial charge in [0, 0.05) is 13.1 Å². The summed E-state index contributed by atoms with van der Waals surface area (Å²) < 4.78 is 1.70. The SMILES string of the molecule is Cc1nn2cc(C(=O)N3CCC(Cc4ccccc4)CC3)nc2s1. The van der Waals surface area contributed by atoms with Crippen LogP contribution in [0.3, 0.4) is 0 Å². The van der Waals surface area contributed by atoms with Crippen LogP contribution in [0.2, 0.25) is 0 Å². The van der Waals surface area contributed by atoms with Gasteiger partial charge in [0.1, 0.15) is 10.7 Å². The molecule has 0 atom stereocenters. The largest absolute Gasteiger partial charge is 0.337 e. The Morgan fingerprint density at radius 3 is 2.71 bits per heavy atom. The summed E-state index contributed by atoms with van der Waals surface area (Å²) in [5.74, 6) is 0.690. The summed E-state index contributed by atoms with van der Waals surface area (Å²) in [6, 6.07) is 10.6. The maximum Gasteiger partial charge on any atom is 0.274 e. The van der Waals surface area contributed by atoms with Crippen LogP contribution in [-0.4, -0.2) is 38.5 Å². The second-order valence-corrected chi connectivity index (χ2v) is 7.56. The van der Waals surface area contributed by atoms with Crippen molar-refractivity contribution in [2.24, 2.45) is 5.92 Å². The van der Waals surface area contributed by atoms with Gasteiger partial charge in [-0.15, -0.1) is 0 Å². The number of amides is 1. The molecule has 3 heterocycles. The maximum absolute atomic E-state index is 12.6. The van der Waals surface area contributed by atoms with E-state index in [-0.39, 0.29) is 5.91 Å². The minimum atomic E-state index is 0.0310. The first-order chi connectivity index (χ1) is 11.7. The molecule has 0 aliphatic carbocycles. The highest BCUT2D eigenvalue weighted by Crippen LogP contribution is 2.23. The van der Waals surface area contributed by atoms with Gasteiger partial charge in [-0.25, -0.2) is 9.50 Å². The number of piperidine rings is 1. The van der Waals surface area contributed by atoms with Crippen LogP contribution in [0.4, 0.5) is 0 Å². The smallest absolute Gasteiger partial charge is 0.274 e. The lowest BCUT2D eigenvalue weighted by Gasteiger charge is -2.31. The normalized spacial score (nSPS) is 16.0. The van der Waals surface area contributed by atoms with Gasteiger partial charge in [0.05, 0.1) is 6.20 Å². The molecule has 1 aliphatic heterocycles. The van der Waals surface area contributed by atoms with E-state index in [9.17, 15) is 4.79 Å². The van der Waals surface area contributed by atoms with Gasteiger partial charge in [0.25, 0.3) is 5.91 Å². The lowest BCUT2D eigenvalue weighted by Crippen LogP contribution is -2.39. The highest BCUT2D eigenvalue weighted by molar-refractivity contribution is 7.16. The molecular formula is C18H20N4OS. The fourth-order valence-corrected chi connectivity index (χ4v) is 4.08. The van der Waals surface area contributed by atoms with Crippen LogP contribution in [0.5, 0.6) is 0 Å². The first-order valence-electron chi connectivity index (χ1n) is 8.35. The lowest BCUT2D eigenvalue weighted by molar-refractivity contribution is 0.0685. The Bertz CT molecular complexity index is 815. The Morgan fingerprint density at radius 2 is 2.00 bits per heavy atom. The van der Waals surface area contributed by atoms with E-state index in [1.165, 1.54) is 16.9 Å². The van der Waals surface area contributed by atoms with Gasteiger partial charge in [-0.2, -0.15) is 5.10 Å². The number of benzene rings is 1. The zero-order valence-electron chi connectivity index (χ0n) is 13.7. The minimum Gasteiger partial charge on any atom is -0.337 e. The summed E-state index contributed by atoms with van der Waals surface area (Å²) >= 11 is 1.51. The first kappa shape index (κ1) is 15.3. The van der Waals surface area contributed by atoms with Crippen LogP contribution in [0.25, 0.3) is 4.96 Å². The molecule has 6 heteroatoms. The average molecular weight is 340 g/mol. The number of hydrogen-bond acceptors (Lipinski definition) is 4. The van der Waals surface area contributed by atoms with E-state index in [4.69, 9.17) is 0 Å². The summed E-state index contributed by atoms with van der Waals surface area (Å²) in [5, 5.41) is 5.28. The quantitative estimate of drug-likeness (QED) is 0.736. The fraction of sp³-hybridized carbons (Fsp3) is 0.389. The molecule has 1 aromatic carbocycles. The standard InChI is InChI=1S/C18H20N4OS/c1-13-20-22-12-16(19-18(22)24-13)17(23)21-9-7-15(8-10-21)11-14-5-3-2-4-6-14/h2-6,12,15H,7-11H2,1H3. The second-order valence-electron chi connectivity index (χ2n) is 6.40. The van der Waals surface area contributed by atoms with Crippen LogP contribution >= 0.6 is 11.3 Å². The molecule has 1 aliphatic rings. The Balaban J connectivity index is 1.38. The maximum atomic E-state index is 12.6. The molecule has 124 valence electrons. The van der Waals surface area contributed by atoms with Gasteiger partial charge in [0.15, 0.2) is 0 Å². The molecule has 1 amide bonds. The van der Waals surface area contributed by atoms with Gasteiger partial charge in [-0.1, -0.05) is 41.7 Å². The van der Waals surface area contributed by atoms with Crippen LogP contribution in [0.15, 0.2) is 36.5 Å². The number of hydrogen-bond donors (Lipinski definition) is 0. The first-order valence-corrected chi connectivity index (χ1v) is 9.17. The van der Waals surface area contributed by atoms with E-state index in [0.29, 0.717) is 11.6 Å². The Hall–Kier alpha value is -2.21. The third kappa shape index (κ3) is 3.06. The molecule has 0 saturated carbocycles. The lowest BCUT2D eigenvalue weighted by atomic mass is 9.90. The van der Waals surface area contributed by atoms with Crippen molar-refractivity contribution in [3.8, 4) is 0 Å². The highest BCUT2D eigenvalue weighted by Gasteiger charge is 2.25. The summed E-state index contributed by atoms with van der Waals surface area (Å²) in [5.41, 5.74) is 1.90. The number of imidazole rings is 1. The van der Waals surface area contributed by atoms with Crippen molar-refractivity contribution in [1.82, 2.24) is 19.5 Å².